The quantitative estimate of drug-likeness (QED) is 0.850. The molecule has 0 aliphatic heterocycles. The average Bonchev–Trinajstić information content (AvgIpc) is 2.73. The predicted octanol–water partition coefficient (Wildman–Crippen LogP) is 2.73. The molecule has 0 aliphatic carbocycles. The van der Waals surface area contributed by atoms with Gasteiger partial charge in [-0.05, 0) is 31.0 Å². The summed E-state index contributed by atoms with van der Waals surface area (Å²) in [5.41, 5.74) is 2.95. The Balaban J connectivity index is 2.25. The van der Waals surface area contributed by atoms with Gasteiger partial charge in [0.2, 0.25) is 0 Å². The minimum absolute atomic E-state index is 0.113. The van der Waals surface area contributed by atoms with Crippen molar-refractivity contribution in [3.63, 3.8) is 0 Å². The number of aromatic nitrogens is 1. The summed E-state index contributed by atoms with van der Waals surface area (Å²) in [6.45, 7) is 3.97. The molecule has 0 radical (unpaired) electrons. The van der Waals surface area contributed by atoms with Crippen LogP contribution in [0.25, 0.3) is 0 Å². The van der Waals surface area contributed by atoms with Crippen LogP contribution in [0.5, 0.6) is 0 Å². The van der Waals surface area contributed by atoms with Crippen molar-refractivity contribution in [2.45, 2.75) is 13.8 Å². The number of carboxylic acids is 1. The number of benzene rings is 1. The van der Waals surface area contributed by atoms with E-state index < -0.39 is 5.97 Å². The monoisotopic (exact) mass is 232 g/mol. The summed E-state index contributed by atoms with van der Waals surface area (Å²) >= 11 is 0. The molecule has 0 spiro atoms. The van der Waals surface area contributed by atoms with Crippen molar-refractivity contribution in [3.8, 4) is 0 Å². The van der Waals surface area contributed by atoms with E-state index in [0.717, 1.165) is 23.1 Å². The van der Waals surface area contributed by atoms with Crippen LogP contribution < -0.4 is 5.32 Å². The van der Waals surface area contributed by atoms with Crippen molar-refractivity contribution in [2.24, 2.45) is 0 Å². The highest BCUT2D eigenvalue weighted by atomic mass is 16.4. The van der Waals surface area contributed by atoms with Crippen LogP contribution in [0, 0.1) is 13.8 Å². The average molecular weight is 232 g/mol. The molecule has 0 fully saturated rings. The zero-order valence-electron chi connectivity index (χ0n) is 9.52. The van der Waals surface area contributed by atoms with Crippen LogP contribution in [-0.2, 0) is 0 Å². The first kappa shape index (κ1) is 11.2. The molecule has 0 unspecified atom stereocenters. The Morgan fingerprint density at radius 1 is 1.41 bits per heavy atom. The van der Waals surface area contributed by atoms with Crippen LogP contribution in [-0.4, -0.2) is 16.1 Å². The topological polar surface area (TPSA) is 75.4 Å². The summed E-state index contributed by atoms with van der Waals surface area (Å²) in [4.78, 5) is 14.4. The number of nitrogens with zero attached hydrogens (tertiary/aromatic N) is 1. The van der Waals surface area contributed by atoms with Gasteiger partial charge in [-0.2, -0.15) is 4.98 Å². The first-order chi connectivity index (χ1) is 8.08. The summed E-state index contributed by atoms with van der Waals surface area (Å²) in [6.07, 6.45) is 1.11. The van der Waals surface area contributed by atoms with Gasteiger partial charge in [0.05, 0.1) is 0 Å². The molecule has 0 atom stereocenters. The molecular weight excluding hydrogens is 220 g/mol. The summed E-state index contributed by atoms with van der Waals surface area (Å²) in [6, 6.07) is 5.97. The maximum absolute atomic E-state index is 10.6. The minimum atomic E-state index is -1.11. The van der Waals surface area contributed by atoms with Crippen molar-refractivity contribution < 1.29 is 14.3 Å². The lowest BCUT2D eigenvalue weighted by Crippen LogP contribution is -1.98. The molecule has 0 saturated heterocycles. The van der Waals surface area contributed by atoms with E-state index in [9.17, 15) is 4.79 Å². The largest absolute Gasteiger partial charge is 0.476 e. The fraction of sp³-hybridized carbons (Fsp3) is 0.167. The molecule has 88 valence electrons. The normalized spacial score (nSPS) is 10.2. The van der Waals surface area contributed by atoms with E-state index in [1.54, 1.807) is 0 Å². The molecule has 5 heteroatoms. The molecule has 2 rings (SSSR count). The molecule has 2 N–H and O–H groups in total. The number of carboxylic acid groups (broad SMARTS) is 1. The number of anilines is 2. The van der Waals surface area contributed by atoms with Crippen molar-refractivity contribution in [1.82, 2.24) is 4.98 Å². The number of aryl methyl sites for hydroxylation is 1. The van der Waals surface area contributed by atoms with Gasteiger partial charge in [-0.15, -0.1) is 0 Å². The zero-order chi connectivity index (χ0) is 12.4. The highest BCUT2D eigenvalue weighted by Gasteiger charge is 2.11. The van der Waals surface area contributed by atoms with Crippen molar-refractivity contribution in [1.29, 1.82) is 0 Å². The van der Waals surface area contributed by atoms with Gasteiger partial charge < -0.3 is 14.8 Å². The number of rotatable bonds is 3. The third kappa shape index (κ3) is 2.28. The fourth-order valence-electron chi connectivity index (χ4n) is 1.43. The van der Waals surface area contributed by atoms with E-state index in [0.29, 0.717) is 0 Å². The van der Waals surface area contributed by atoms with Crippen molar-refractivity contribution in [3.05, 3.63) is 41.3 Å². The molecule has 0 saturated carbocycles. The number of carbonyl (C=O) groups is 1. The van der Waals surface area contributed by atoms with Crippen LogP contribution in [0.2, 0.25) is 0 Å². The van der Waals surface area contributed by atoms with Gasteiger partial charge in [0.25, 0.3) is 6.01 Å². The number of nitrogens with one attached hydrogen (secondary N) is 1. The highest BCUT2D eigenvalue weighted by Crippen LogP contribution is 2.22. The molecule has 0 amide bonds. The molecule has 1 heterocycles. The lowest BCUT2D eigenvalue weighted by Gasteiger charge is -2.07. The van der Waals surface area contributed by atoms with E-state index in [4.69, 9.17) is 9.52 Å². The number of hydrogen-bond donors (Lipinski definition) is 2. The summed E-state index contributed by atoms with van der Waals surface area (Å²) < 4.78 is 5.02. The standard InChI is InChI=1S/C12H12N2O3/c1-7-4-3-5-9(8(7)2)13-12-14-10(6-17-12)11(15)16/h3-6H,1-2H3,(H,13,14)(H,15,16). The second-order valence-electron chi connectivity index (χ2n) is 3.72. The number of oxazole rings is 1. The molecule has 0 bridgehead atoms. The molecule has 2 aromatic rings. The number of hydrogen-bond acceptors (Lipinski definition) is 4. The van der Waals surface area contributed by atoms with Crippen LogP contribution in [0.4, 0.5) is 11.7 Å². The second-order valence-corrected chi connectivity index (χ2v) is 3.72. The lowest BCUT2D eigenvalue weighted by atomic mass is 10.1. The molecule has 17 heavy (non-hydrogen) atoms. The summed E-state index contributed by atoms with van der Waals surface area (Å²) in [5.74, 6) is -1.11. The van der Waals surface area contributed by atoms with Crippen molar-refractivity contribution in [2.75, 3.05) is 5.32 Å². The van der Waals surface area contributed by atoms with E-state index in [-0.39, 0.29) is 11.7 Å². The van der Waals surface area contributed by atoms with Crippen molar-refractivity contribution >= 4 is 17.7 Å². The Labute approximate surface area is 98.1 Å². The van der Waals surface area contributed by atoms with Gasteiger partial charge in [0, 0.05) is 5.69 Å². The molecule has 1 aromatic heterocycles. The van der Waals surface area contributed by atoms with Gasteiger partial charge in [0.1, 0.15) is 6.26 Å². The third-order valence-electron chi connectivity index (χ3n) is 2.57. The molecule has 5 nitrogen and oxygen atoms in total. The maximum Gasteiger partial charge on any atom is 0.357 e. The summed E-state index contributed by atoms with van der Waals surface area (Å²) in [7, 11) is 0. The van der Waals surface area contributed by atoms with Gasteiger partial charge >= 0.3 is 5.97 Å². The zero-order valence-corrected chi connectivity index (χ0v) is 9.52. The van der Waals surface area contributed by atoms with Crippen LogP contribution >= 0.6 is 0 Å². The highest BCUT2D eigenvalue weighted by molar-refractivity contribution is 5.85. The van der Waals surface area contributed by atoms with E-state index >= 15 is 0 Å². The van der Waals surface area contributed by atoms with E-state index in [1.807, 2.05) is 32.0 Å². The summed E-state index contributed by atoms with van der Waals surface area (Å²) in [5, 5.41) is 11.7. The first-order valence-corrected chi connectivity index (χ1v) is 5.10. The van der Waals surface area contributed by atoms with Gasteiger partial charge in [-0.1, -0.05) is 12.1 Å². The second kappa shape index (κ2) is 4.29. The van der Waals surface area contributed by atoms with E-state index in [2.05, 4.69) is 10.3 Å². The third-order valence-corrected chi connectivity index (χ3v) is 2.57. The first-order valence-electron chi connectivity index (χ1n) is 5.10. The predicted molar refractivity (Wildman–Crippen MR) is 62.7 cm³/mol. The molecule has 1 aromatic carbocycles. The fourth-order valence-corrected chi connectivity index (χ4v) is 1.43. The molecular formula is C12H12N2O3. The Bertz CT molecular complexity index is 561. The van der Waals surface area contributed by atoms with Crippen LogP contribution in [0.3, 0.4) is 0 Å². The smallest absolute Gasteiger partial charge is 0.357 e. The van der Waals surface area contributed by atoms with Gasteiger partial charge in [-0.3, -0.25) is 0 Å². The Morgan fingerprint density at radius 2 is 2.18 bits per heavy atom. The molecule has 0 aliphatic rings. The van der Waals surface area contributed by atoms with Gasteiger partial charge in [-0.25, -0.2) is 4.79 Å². The Hall–Kier alpha value is -2.30. The van der Waals surface area contributed by atoms with Crippen LogP contribution in [0.1, 0.15) is 21.6 Å². The Kier molecular flexibility index (Phi) is 2.82. The minimum Gasteiger partial charge on any atom is -0.476 e. The maximum atomic E-state index is 10.6. The van der Waals surface area contributed by atoms with E-state index in [1.165, 1.54) is 0 Å². The lowest BCUT2D eigenvalue weighted by molar-refractivity contribution is 0.0690. The number of aromatic carboxylic acids is 1. The van der Waals surface area contributed by atoms with Gasteiger partial charge in [0.15, 0.2) is 5.69 Å². The van der Waals surface area contributed by atoms with Crippen LogP contribution in [0.15, 0.2) is 28.9 Å². The SMILES string of the molecule is Cc1cccc(Nc2nc(C(=O)O)co2)c1C. The Morgan fingerprint density at radius 3 is 2.82 bits per heavy atom.